The van der Waals surface area contributed by atoms with Gasteiger partial charge in [-0.15, -0.1) is 5.10 Å². The van der Waals surface area contributed by atoms with Gasteiger partial charge in [0.15, 0.2) is 5.82 Å². The van der Waals surface area contributed by atoms with E-state index >= 15 is 0 Å². The largest absolute Gasteiger partial charge is 0.495 e. The van der Waals surface area contributed by atoms with Gasteiger partial charge in [0.1, 0.15) is 5.75 Å². The van der Waals surface area contributed by atoms with Crippen LogP contribution in [0.2, 0.25) is 0 Å². The molecule has 1 N–H and O–H groups in total. The van der Waals surface area contributed by atoms with Crippen molar-refractivity contribution in [2.45, 2.75) is 20.8 Å². The Kier molecular flexibility index (Phi) is 4.92. The molecule has 6 nitrogen and oxygen atoms in total. The molecule has 2 rings (SSSR count). The quantitative estimate of drug-likeness (QED) is 0.881. The highest BCUT2D eigenvalue weighted by Gasteiger charge is 2.09. The van der Waals surface area contributed by atoms with Gasteiger partial charge in [0, 0.05) is 13.1 Å². The summed E-state index contributed by atoms with van der Waals surface area (Å²) in [5.41, 5.74) is 2.01. The zero-order chi connectivity index (χ0) is 15.2. The van der Waals surface area contributed by atoms with Crippen molar-refractivity contribution in [3.8, 4) is 5.75 Å². The molecule has 0 fully saturated rings. The molecule has 0 aliphatic rings. The van der Waals surface area contributed by atoms with E-state index < -0.39 is 0 Å². The topological polar surface area (TPSA) is 63.2 Å². The molecule has 0 saturated heterocycles. The van der Waals surface area contributed by atoms with Gasteiger partial charge in [-0.05, 0) is 38.5 Å². The predicted octanol–water partition coefficient (Wildman–Crippen LogP) is 2.78. The summed E-state index contributed by atoms with van der Waals surface area (Å²) < 4.78 is 5.36. The molecule has 1 heterocycles. The minimum atomic E-state index is 0.622. The highest BCUT2D eigenvalue weighted by Crippen LogP contribution is 2.27. The van der Waals surface area contributed by atoms with E-state index in [1.54, 1.807) is 13.3 Å². The number of ether oxygens (including phenoxy) is 1. The van der Waals surface area contributed by atoms with Crippen LogP contribution >= 0.6 is 0 Å². The average molecular weight is 287 g/mol. The summed E-state index contributed by atoms with van der Waals surface area (Å²) >= 11 is 0. The minimum absolute atomic E-state index is 0.622. The Morgan fingerprint density at radius 1 is 1.24 bits per heavy atom. The second-order valence-electron chi connectivity index (χ2n) is 4.64. The van der Waals surface area contributed by atoms with Crippen molar-refractivity contribution >= 4 is 17.5 Å². The SMILES string of the molecule is CCN(CC)c1nncc(Nc2cc(C)ccc2OC)n1. The lowest BCUT2D eigenvalue weighted by atomic mass is 10.2. The number of methoxy groups -OCH3 is 1. The maximum atomic E-state index is 5.36. The van der Waals surface area contributed by atoms with Crippen molar-refractivity contribution in [1.82, 2.24) is 15.2 Å². The van der Waals surface area contributed by atoms with E-state index in [4.69, 9.17) is 4.74 Å². The Balaban J connectivity index is 2.28. The average Bonchev–Trinajstić information content (AvgIpc) is 2.49. The van der Waals surface area contributed by atoms with Crippen molar-refractivity contribution in [1.29, 1.82) is 0 Å². The Labute approximate surface area is 125 Å². The number of nitrogens with zero attached hydrogens (tertiary/aromatic N) is 4. The fourth-order valence-corrected chi connectivity index (χ4v) is 2.05. The molecule has 0 aliphatic carbocycles. The van der Waals surface area contributed by atoms with Gasteiger partial charge in [-0.25, -0.2) is 0 Å². The van der Waals surface area contributed by atoms with Gasteiger partial charge in [0.25, 0.3) is 0 Å². The molecule has 0 radical (unpaired) electrons. The summed E-state index contributed by atoms with van der Waals surface area (Å²) in [6.07, 6.45) is 1.61. The van der Waals surface area contributed by atoms with Crippen LogP contribution in [0.1, 0.15) is 19.4 Å². The fraction of sp³-hybridized carbons (Fsp3) is 0.400. The van der Waals surface area contributed by atoms with Gasteiger partial charge in [0.2, 0.25) is 5.95 Å². The van der Waals surface area contributed by atoms with Gasteiger partial charge in [-0.2, -0.15) is 10.1 Å². The van der Waals surface area contributed by atoms with Gasteiger partial charge in [-0.3, -0.25) is 0 Å². The number of nitrogens with one attached hydrogen (secondary N) is 1. The minimum Gasteiger partial charge on any atom is -0.495 e. The summed E-state index contributed by atoms with van der Waals surface area (Å²) in [5.74, 6) is 2.04. The molecule has 2 aromatic rings. The molecular formula is C15H21N5O. The normalized spacial score (nSPS) is 10.3. The number of hydrogen-bond acceptors (Lipinski definition) is 6. The third-order valence-electron chi connectivity index (χ3n) is 3.21. The highest BCUT2D eigenvalue weighted by molar-refractivity contribution is 5.65. The molecule has 1 aromatic carbocycles. The highest BCUT2D eigenvalue weighted by atomic mass is 16.5. The molecule has 0 saturated carbocycles. The summed E-state index contributed by atoms with van der Waals surface area (Å²) in [4.78, 5) is 6.55. The Morgan fingerprint density at radius 3 is 2.67 bits per heavy atom. The molecule has 6 heteroatoms. The first-order valence-electron chi connectivity index (χ1n) is 7.04. The van der Waals surface area contributed by atoms with Crippen LogP contribution in [0, 0.1) is 6.92 Å². The maximum Gasteiger partial charge on any atom is 0.247 e. The molecule has 0 bridgehead atoms. The van der Waals surface area contributed by atoms with Crippen LogP contribution in [0.25, 0.3) is 0 Å². The van der Waals surface area contributed by atoms with Crippen LogP contribution in [0.4, 0.5) is 17.5 Å². The molecule has 112 valence electrons. The summed E-state index contributed by atoms with van der Waals surface area (Å²) in [6, 6.07) is 5.94. The third-order valence-corrected chi connectivity index (χ3v) is 3.21. The molecule has 0 amide bonds. The molecule has 0 atom stereocenters. The first-order valence-corrected chi connectivity index (χ1v) is 7.04. The van der Waals surface area contributed by atoms with E-state index in [1.807, 2.05) is 30.0 Å². The summed E-state index contributed by atoms with van der Waals surface area (Å²) in [7, 11) is 1.65. The zero-order valence-electron chi connectivity index (χ0n) is 12.9. The van der Waals surface area contributed by atoms with Crippen molar-refractivity contribution < 1.29 is 4.74 Å². The number of aromatic nitrogens is 3. The van der Waals surface area contributed by atoms with E-state index in [2.05, 4.69) is 34.3 Å². The summed E-state index contributed by atoms with van der Waals surface area (Å²) in [6.45, 7) is 7.85. The van der Waals surface area contributed by atoms with E-state index in [9.17, 15) is 0 Å². The van der Waals surface area contributed by atoms with Gasteiger partial charge < -0.3 is 15.0 Å². The van der Waals surface area contributed by atoms with Crippen LogP contribution in [0.3, 0.4) is 0 Å². The van der Waals surface area contributed by atoms with Crippen molar-refractivity contribution in [2.24, 2.45) is 0 Å². The molecule has 1 aromatic heterocycles. The van der Waals surface area contributed by atoms with Crippen LogP contribution in [0.15, 0.2) is 24.4 Å². The standard InChI is InChI=1S/C15H21N5O/c1-5-20(6-2)15-18-14(10-16-19-15)17-12-9-11(3)7-8-13(12)21-4/h7-10H,5-6H2,1-4H3,(H,17,18,19). The lowest BCUT2D eigenvalue weighted by Gasteiger charge is -2.18. The van der Waals surface area contributed by atoms with Crippen molar-refractivity contribution in [2.75, 3.05) is 30.4 Å². The number of rotatable bonds is 6. The number of aryl methyl sites for hydroxylation is 1. The smallest absolute Gasteiger partial charge is 0.247 e. The van der Waals surface area contributed by atoms with Gasteiger partial charge in [-0.1, -0.05) is 6.07 Å². The Hall–Kier alpha value is -2.37. The number of hydrogen-bond donors (Lipinski definition) is 1. The molecule has 0 spiro atoms. The third kappa shape index (κ3) is 3.59. The zero-order valence-corrected chi connectivity index (χ0v) is 12.9. The maximum absolute atomic E-state index is 5.36. The predicted molar refractivity (Wildman–Crippen MR) is 84.4 cm³/mol. The second-order valence-corrected chi connectivity index (χ2v) is 4.64. The lowest BCUT2D eigenvalue weighted by Crippen LogP contribution is -2.24. The van der Waals surface area contributed by atoms with E-state index in [1.165, 1.54) is 0 Å². The van der Waals surface area contributed by atoms with Crippen LogP contribution in [-0.4, -0.2) is 35.4 Å². The fourth-order valence-electron chi connectivity index (χ4n) is 2.05. The van der Waals surface area contributed by atoms with Gasteiger partial charge >= 0.3 is 0 Å². The number of anilines is 3. The van der Waals surface area contributed by atoms with Crippen LogP contribution in [-0.2, 0) is 0 Å². The second kappa shape index (κ2) is 6.88. The van der Waals surface area contributed by atoms with E-state index in [-0.39, 0.29) is 0 Å². The van der Waals surface area contributed by atoms with E-state index in [0.717, 1.165) is 30.1 Å². The Morgan fingerprint density at radius 2 is 2.00 bits per heavy atom. The van der Waals surface area contributed by atoms with E-state index in [0.29, 0.717) is 11.8 Å². The van der Waals surface area contributed by atoms with Crippen LogP contribution in [0.5, 0.6) is 5.75 Å². The first-order chi connectivity index (χ1) is 10.2. The summed E-state index contributed by atoms with van der Waals surface area (Å²) in [5, 5.41) is 11.3. The Bertz CT molecular complexity index is 598. The first kappa shape index (κ1) is 15.0. The molecular weight excluding hydrogens is 266 g/mol. The van der Waals surface area contributed by atoms with Crippen LogP contribution < -0.4 is 15.0 Å². The lowest BCUT2D eigenvalue weighted by molar-refractivity contribution is 0.416. The molecule has 21 heavy (non-hydrogen) atoms. The molecule has 0 aliphatic heterocycles. The van der Waals surface area contributed by atoms with Crippen molar-refractivity contribution in [3.63, 3.8) is 0 Å². The number of benzene rings is 1. The molecule has 0 unspecified atom stereocenters. The monoisotopic (exact) mass is 287 g/mol. The van der Waals surface area contributed by atoms with Crippen molar-refractivity contribution in [3.05, 3.63) is 30.0 Å². The van der Waals surface area contributed by atoms with Gasteiger partial charge in [0.05, 0.1) is 19.0 Å².